The number of aromatic amines is 1. The second-order valence-corrected chi connectivity index (χ2v) is 4.52. The minimum absolute atomic E-state index is 0.143. The first-order valence-corrected chi connectivity index (χ1v) is 6.08. The summed E-state index contributed by atoms with van der Waals surface area (Å²) in [4.78, 5) is 26.9. The minimum Gasteiger partial charge on any atom is -0.363 e. The van der Waals surface area contributed by atoms with Crippen LogP contribution in [0.3, 0.4) is 0 Å². The number of aryl methyl sites for hydroxylation is 3. The fraction of sp³-hybridized carbons (Fsp3) is 0.385. The maximum Gasteiger partial charge on any atom is 0.251 e. The zero-order chi connectivity index (χ0) is 14.0. The highest BCUT2D eigenvalue weighted by molar-refractivity contribution is 5.45. The predicted octanol–water partition coefficient (Wildman–Crippen LogP) is 1.41. The molecule has 0 radical (unpaired) electrons. The molecule has 0 saturated heterocycles. The molecule has 2 N–H and O–H groups in total. The molecule has 0 aromatic carbocycles. The van der Waals surface area contributed by atoms with E-state index in [9.17, 15) is 4.79 Å². The fourth-order valence-electron chi connectivity index (χ4n) is 1.83. The van der Waals surface area contributed by atoms with Crippen molar-refractivity contribution >= 4 is 5.82 Å². The Hall–Kier alpha value is -2.24. The zero-order valence-corrected chi connectivity index (χ0v) is 11.5. The molecule has 2 heterocycles. The average molecular weight is 259 g/mol. The number of H-pyrrole nitrogens is 1. The average Bonchev–Trinajstić information content (AvgIpc) is 2.30. The first-order valence-electron chi connectivity index (χ1n) is 6.08. The third kappa shape index (κ3) is 3.15. The van der Waals surface area contributed by atoms with Crippen LogP contribution in [0, 0.1) is 27.7 Å². The lowest BCUT2D eigenvalue weighted by Gasteiger charge is -2.10. The van der Waals surface area contributed by atoms with E-state index in [0.29, 0.717) is 18.1 Å². The van der Waals surface area contributed by atoms with Gasteiger partial charge in [0.15, 0.2) is 0 Å². The maximum absolute atomic E-state index is 11.3. The van der Waals surface area contributed by atoms with E-state index in [-0.39, 0.29) is 5.56 Å². The van der Waals surface area contributed by atoms with E-state index in [1.165, 1.54) is 6.07 Å². The lowest BCUT2D eigenvalue weighted by atomic mass is 10.2. The van der Waals surface area contributed by atoms with Crippen LogP contribution in [0.25, 0.3) is 0 Å². The van der Waals surface area contributed by atoms with E-state index in [1.807, 2.05) is 20.8 Å². The van der Waals surface area contributed by atoms with Gasteiger partial charge in [-0.3, -0.25) is 4.79 Å². The van der Waals surface area contributed by atoms with Crippen LogP contribution in [-0.4, -0.2) is 19.9 Å². The summed E-state index contributed by atoms with van der Waals surface area (Å²) in [7, 11) is 0. The van der Waals surface area contributed by atoms with Crippen molar-refractivity contribution in [2.45, 2.75) is 34.2 Å². The third-order valence-electron chi connectivity index (χ3n) is 2.84. The second-order valence-electron chi connectivity index (χ2n) is 4.52. The van der Waals surface area contributed by atoms with Crippen molar-refractivity contribution in [1.82, 2.24) is 19.9 Å². The van der Waals surface area contributed by atoms with Crippen LogP contribution in [0.1, 0.15) is 28.6 Å². The Labute approximate surface area is 111 Å². The number of anilines is 1. The summed E-state index contributed by atoms with van der Waals surface area (Å²) in [5.74, 6) is 2.09. The SMILES string of the molecule is Cc1cc(=O)[nH]c(CNc2nc(C)nc(C)c2C)n1. The van der Waals surface area contributed by atoms with Gasteiger partial charge in [0, 0.05) is 23.0 Å². The van der Waals surface area contributed by atoms with Gasteiger partial charge in [0.1, 0.15) is 17.5 Å². The van der Waals surface area contributed by atoms with Crippen molar-refractivity contribution in [3.8, 4) is 0 Å². The van der Waals surface area contributed by atoms with Crippen LogP contribution in [0.2, 0.25) is 0 Å². The number of nitrogens with one attached hydrogen (secondary N) is 2. The summed E-state index contributed by atoms with van der Waals surface area (Å²) < 4.78 is 0. The van der Waals surface area contributed by atoms with E-state index in [1.54, 1.807) is 6.92 Å². The summed E-state index contributed by atoms with van der Waals surface area (Å²) in [5, 5.41) is 3.18. The van der Waals surface area contributed by atoms with Crippen molar-refractivity contribution in [1.29, 1.82) is 0 Å². The van der Waals surface area contributed by atoms with Crippen molar-refractivity contribution < 1.29 is 0 Å². The second kappa shape index (κ2) is 5.17. The molecule has 6 nitrogen and oxygen atoms in total. The molecule has 2 aromatic rings. The fourth-order valence-corrected chi connectivity index (χ4v) is 1.83. The molecule has 0 spiro atoms. The Kier molecular flexibility index (Phi) is 3.59. The molecule has 0 bridgehead atoms. The molecule has 100 valence electrons. The van der Waals surface area contributed by atoms with Crippen molar-refractivity contribution in [2.24, 2.45) is 0 Å². The van der Waals surface area contributed by atoms with Gasteiger partial charge in [-0.2, -0.15) is 0 Å². The van der Waals surface area contributed by atoms with E-state index >= 15 is 0 Å². The number of nitrogens with zero attached hydrogens (tertiary/aromatic N) is 3. The molecule has 0 unspecified atom stereocenters. The predicted molar refractivity (Wildman–Crippen MR) is 73.2 cm³/mol. The van der Waals surface area contributed by atoms with Crippen LogP contribution < -0.4 is 10.9 Å². The number of rotatable bonds is 3. The molecule has 0 saturated carbocycles. The first-order chi connectivity index (χ1) is 8.95. The summed E-state index contributed by atoms with van der Waals surface area (Å²) in [5.41, 5.74) is 2.50. The minimum atomic E-state index is -0.143. The van der Waals surface area contributed by atoms with Crippen LogP contribution in [0.4, 0.5) is 5.82 Å². The molecule has 2 rings (SSSR count). The molecule has 0 aliphatic carbocycles. The van der Waals surface area contributed by atoms with Crippen LogP contribution in [0.15, 0.2) is 10.9 Å². The Bertz CT molecular complexity index is 663. The van der Waals surface area contributed by atoms with Crippen LogP contribution in [0.5, 0.6) is 0 Å². The summed E-state index contributed by atoms with van der Waals surface area (Å²) in [6.07, 6.45) is 0. The lowest BCUT2D eigenvalue weighted by molar-refractivity contribution is 0.889. The Morgan fingerprint density at radius 2 is 1.89 bits per heavy atom. The van der Waals surface area contributed by atoms with Crippen molar-refractivity contribution in [2.75, 3.05) is 5.32 Å². The van der Waals surface area contributed by atoms with E-state index in [0.717, 1.165) is 22.9 Å². The van der Waals surface area contributed by atoms with Crippen LogP contribution >= 0.6 is 0 Å². The van der Waals surface area contributed by atoms with Crippen LogP contribution in [-0.2, 0) is 6.54 Å². The molecule has 0 amide bonds. The first kappa shape index (κ1) is 13.2. The quantitative estimate of drug-likeness (QED) is 0.870. The molecule has 0 aliphatic rings. The third-order valence-corrected chi connectivity index (χ3v) is 2.84. The van der Waals surface area contributed by atoms with Gasteiger partial charge in [0.05, 0.1) is 6.54 Å². The maximum atomic E-state index is 11.3. The largest absolute Gasteiger partial charge is 0.363 e. The Morgan fingerprint density at radius 3 is 2.58 bits per heavy atom. The highest BCUT2D eigenvalue weighted by Gasteiger charge is 2.06. The molecule has 6 heteroatoms. The van der Waals surface area contributed by atoms with Crippen molar-refractivity contribution in [3.63, 3.8) is 0 Å². The number of aromatic nitrogens is 4. The highest BCUT2D eigenvalue weighted by atomic mass is 16.1. The lowest BCUT2D eigenvalue weighted by Crippen LogP contribution is -2.15. The van der Waals surface area contributed by atoms with Gasteiger partial charge >= 0.3 is 0 Å². The topological polar surface area (TPSA) is 83.6 Å². The van der Waals surface area contributed by atoms with Gasteiger partial charge in [-0.25, -0.2) is 15.0 Å². The standard InChI is InChI=1S/C13H17N5O/c1-7-5-12(19)18-11(15-7)6-14-13-8(2)9(3)16-10(4)17-13/h5H,6H2,1-4H3,(H,14,16,17)(H,15,18,19). The highest BCUT2D eigenvalue weighted by Crippen LogP contribution is 2.14. The van der Waals surface area contributed by atoms with Crippen molar-refractivity contribution in [3.05, 3.63) is 45.0 Å². The normalized spacial score (nSPS) is 10.5. The Morgan fingerprint density at radius 1 is 1.16 bits per heavy atom. The molecule has 0 atom stereocenters. The van der Waals surface area contributed by atoms with Gasteiger partial charge in [0.2, 0.25) is 0 Å². The molecular weight excluding hydrogens is 242 g/mol. The summed E-state index contributed by atoms with van der Waals surface area (Å²) >= 11 is 0. The molecule has 19 heavy (non-hydrogen) atoms. The van der Waals surface area contributed by atoms with E-state index in [2.05, 4.69) is 25.3 Å². The molecule has 0 aliphatic heterocycles. The zero-order valence-electron chi connectivity index (χ0n) is 11.5. The summed E-state index contributed by atoms with van der Waals surface area (Å²) in [6, 6.07) is 1.47. The molecule has 0 fully saturated rings. The smallest absolute Gasteiger partial charge is 0.251 e. The van der Waals surface area contributed by atoms with E-state index < -0.39 is 0 Å². The van der Waals surface area contributed by atoms with Gasteiger partial charge in [-0.15, -0.1) is 0 Å². The van der Waals surface area contributed by atoms with Gasteiger partial charge in [0.25, 0.3) is 5.56 Å². The van der Waals surface area contributed by atoms with E-state index in [4.69, 9.17) is 0 Å². The van der Waals surface area contributed by atoms with Gasteiger partial charge < -0.3 is 10.3 Å². The van der Waals surface area contributed by atoms with Gasteiger partial charge in [-0.05, 0) is 27.7 Å². The Balaban J connectivity index is 2.21. The molecular formula is C13H17N5O. The number of hydrogen-bond donors (Lipinski definition) is 2. The molecule has 2 aromatic heterocycles. The van der Waals surface area contributed by atoms with Gasteiger partial charge in [-0.1, -0.05) is 0 Å². The monoisotopic (exact) mass is 259 g/mol. The number of hydrogen-bond acceptors (Lipinski definition) is 5. The summed E-state index contributed by atoms with van der Waals surface area (Å²) in [6.45, 7) is 7.98.